The highest BCUT2D eigenvalue weighted by Gasteiger charge is 2.15. The number of methoxy groups -OCH3 is 1. The van der Waals surface area contributed by atoms with Crippen molar-refractivity contribution in [3.8, 4) is 5.75 Å². The Morgan fingerprint density at radius 3 is 2.84 bits per heavy atom. The van der Waals surface area contributed by atoms with Crippen molar-refractivity contribution in [2.24, 2.45) is 0 Å². The summed E-state index contributed by atoms with van der Waals surface area (Å²) >= 11 is 6.17. The Morgan fingerprint density at radius 1 is 1.53 bits per heavy atom. The molecule has 19 heavy (non-hydrogen) atoms. The van der Waals surface area contributed by atoms with Crippen LogP contribution in [0.25, 0.3) is 11.0 Å². The molecule has 0 aliphatic rings. The third-order valence-corrected chi connectivity index (χ3v) is 3.22. The number of carbonyl (C=O) groups is 1. The van der Waals surface area contributed by atoms with Gasteiger partial charge in [0.2, 0.25) is 0 Å². The van der Waals surface area contributed by atoms with Gasteiger partial charge in [-0.05, 0) is 26.0 Å². The second kappa shape index (κ2) is 5.61. The van der Waals surface area contributed by atoms with Crippen LogP contribution in [0.5, 0.6) is 5.75 Å². The fraction of sp³-hybridized carbons (Fsp3) is 0.429. The number of aryl methyl sites for hydroxylation is 1. The summed E-state index contributed by atoms with van der Waals surface area (Å²) in [4.78, 5) is 15.7. The van der Waals surface area contributed by atoms with Gasteiger partial charge in [-0.2, -0.15) is 0 Å². The predicted octanol–water partition coefficient (Wildman–Crippen LogP) is 3.32. The third kappa shape index (κ3) is 2.89. The van der Waals surface area contributed by atoms with E-state index in [9.17, 15) is 4.79 Å². The number of hydrogen-bond acceptors (Lipinski definition) is 3. The summed E-state index contributed by atoms with van der Waals surface area (Å²) in [6.45, 7) is 4.07. The van der Waals surface area contributed by atoms with Crippen LogP contribution in [0.1, 0.15) is 31.5 Å². The number of halogens is 1. The Labute approximate surface area is 117 Å². The number of ketones is 1. The number of Topliss-reactive ketones (excluding diaryl/α,β-unsaturated/α-hetero) is 1. The number of hydrogen-bond donors (Lipinski definition) is 0. The molecular weight excluding hydrogens is 264 g/mol. The molecular formula is C14H17ClN2O2. The minimum absolute atomic E-state index is 0.156. The summed E-state index contributed by atoms with van der Waals surface area (Å²) in [6.07, 6.45) is 0.480. The van der Waals surface area contributed by atoms with E-state index in [2.05, 4.69) is 4.98 Å². The third-order valence-electron chi connectivity index (χ3n) is 3.03. The molecule has 0 aliphatic heterocycles. The van der Waals surface area contributed by atoms with Crippen molar-refractivity contribution in [2.75, 3.05) is 7.11 Å². The molecule has 0 saturated heterocycles. The Bertz CT molecular complexity index is 605. The summed E-state index contributed by atoms with van der Waals surface area (Å²) in [6, 6.07) is 5.71. The van der Waals surface area contributed by atoms with E-state index in [1.807, 2.05) is 29.7 Å². The molecule has 0 bridgehead atoms. The SMILES string of the molecule is COc1ccc2c(c1)nc(C(C)Cl)n2CCC(C)=O. The lowest BCUT2D eigenvalue weighted by atomic mass is 10.2. The van der Waals surface area contributed by atoms with Crippen molar-refractivity contribution in [1.82, 2.24) is 9.55 Å². The van der Waals surface area contributed by atoms with Crippen LogP contribution in [0.15, 0.2) is 18.2 Å². The normalized spacial score (nSPS) is 12.6. The molecule has 0 fully saturated rings. The highest BCUT2D eigenvalue weighted by Crippen LogP contribution is 2.27. The minimum atomic E-state index is -0.203. The first-order valence-corrected chi connectivity index (χ1v) is 6.64. The van der Waals surface area contributed by atoms with Gasteiger partial charge in [-0.3, -0.25) is 4.79 Å². The maximum atomic E-state index is 11.2. The van der Waals surface area contributed by atoms with E-state index in [1.54, 1.807) is 14.0 Å². The molecule has 1 aromatic carbocycles. The van der Waals surface area contributed by atoms with Crippen LogP contribution in [-0.2, 0) is 11.3 Å². The lowest BCUT2D eigenvalue weighted by molar-refractivity contribution is -0.117. The van der Waals surface area contributed by atoms with E-state index in [0.29, 0.717) is 13.0 Å². The summed E-state index contributed by atoms with van der Waals surface area (Å²) < 4.78 is 7.20. The Kier molecular flexibility index (Phi) is 4.10. The van der Waals surface area contributed by atoms with Crippen molar-refractivity contribution in [1.29, 1.82) is 0 Å². The monoisotopic (exact) mass is 280 g/mol. The van der Waals surface area contributed by atoms with Crippen LogP contribution < -0.4 is 4.74 Å². The van der Waals surface area contributed by atoms with Crippen LogP contribution in [-0.4, -0.2) is 22.4 Å². The molecule has 5 heteroatoms. The van der Waals surface area contributed by atoms with E-state index >= 15 is 0 Å². The summed E-state index contributed by atoms with van der Waals surface area (Å²) in [7, 11) is 1.62. The minimum Gasteiger partial charge on any atom is -0.497 e. The van der Waals surface area contributed by atoms with E-state index in [4.69, 9.17) is 16.3 Å². The average molecular weight is 281 g/mol. The number of nitrogens with zero attached hydrogens (tertiary/aromatic N) is 2. The quantitative estimate of drug-likeness (QED) is 0.789. The molecule has 0 aliphatic carbocycles. The van der Waals surface area contributed by atoms with Gasteiger partial charge in [-0.15, -0.1) is 11.6 Å². The molecule has 0 radical (unpaired) electrons. The first-order valence-electron chi connectivity index (χ1n) is 6.20. The molecule has 0 spiro atoms. The molecule has 2 rings (SSSR count). The highest BCUT2D eigenvalue weighted by atomic mass is 35.5. The molecule has 1 aromatic heterocycles. The molecule has 1 unspecified atom stereocenters. The molecule has 0 saturated carbocycles. The highest BCUT2D eigenvalue weighted by molar-refractivity contribution is 6.20. The molecule has 2 aromatic rings. The molecule has 0 N–H and O–H groups in total. The average Bonchev–Trinajstić information content (AvgIpc) is 2.73. The van der Waals surface area contributed by atoms with Gasteiger partial charge < -0.3 is 9.30 Å². The van der Waals surface area contributed by atoms with Crippen molar-refractivity contribution in [2.45, 2.75) is 32.2 Å². The zero-order chi connectivity index (χ0) is 14.0. The fourth-order valence-electron chi connectivity index (χ4n) is 2.06. The van der Waals surface area contributed by atoms with E-state index in [-0.39, 0.29) is 11.2 Å². The first-order chi connectivity index (χ1) is 9.02. The van der Waals surface area contributed by atoms with Crippen molar-refractivity contribution in [3.05, 3.63) is 24.0 Å². The fourth-order valence-corrected chi connectivity index (χ4v) is 2.23. The lowest BCUT2D eigenvalue weighted by Gasteiger charge is -2.09. The molecule has 1 heterocycles. The van der Waals surface area contributed by atoms with Gasteiger partial charge in [0.15, 0.2) is 0 Å². The predicted molar refractivity (Wildman–Crippen MR) is 75.9 cm³/mol. The van der Waals surface area contributed by atoms with Crippen LogP contribution in [0, 0.1) is 0 Å². The number of imidazole rings is 1. The maximum Gasteiger partial charge on any atom is 0.131 e. The smallest absolute Gasteiger partial charge is 0.131 e. The number of ether oxygens (including phenoxy) is 1. The molecule has 1 atom stereocenters. The van der Waals surface area contributed by atoms with E-state index in [1.165, 1.54) is 0 Å². The number of rotatable bonds is 5. The van der Waals surface area contributed by atoms with Crippen molar-refractivity contribution >= 4 is 28.4 Å². The zero-order valence-corrected chi connectivity index (χ0v) is 12.1. The van der Waals surface area contributed by atoms with Gasteiger partial charge >= 0.3 is 0 Å². The van der Waals surface area contributed by atoms with Gasteiger partial charge in [0, 0.05) is 19.0 Å². The van der Waals surface area contributed by atoms with E-state index < -0.39 is 0 Å². The van der Waals surface area contributed by atoms with Crippen molar-refractivity contribution in [3.63, 3.8) is 0 Å². The van der Waals surface area contributed by atoms with Crippen LogP contribution in [0.2, 0.25) is 0 Å². The Hall–Kier alpha value is -1.55. The summed E-state index contributed by atoms with van der Waals surface area (Å²) in [5.74, 6) is 1.70. The molecule has 102 valence electrons. The number of aromatic nitrogens is 2. The molecule has 0 amide bonds. The van der Waals surface area contributed by atoms with Gasteiger partial charge in [-0.1, -0.05) is 0 Å². The Morgan fingerprint density at radius 2 is 2.26 bits per heavy atom. The van der Waals surface area contributed by atoms with Crippen LogP contribution in [0.3, 0.4) is 0 Å². The van der Waals surface area contributed by atoms with Crippen LogP contribution in [0.4, 0.5) is 0 Å². The number of carbonyl (C=O) groups excluding carboxylic acids is 1. The van der Waals surface area contributed by atoms with Gasteiger partial charge in [0.1, 0.15) is 17.4 Å². The first kappa shape index (κ1) is 13.9. The summed E-state index contributed by atoms with van der Waals surface area (Å²) in [5.41, 5.74) is 1.81. The van der Waals surface area contributed by atoms with Gasteiger partial charge in [0.05, 0.1) is 23.5 Å². The second-order valence-corrected chi connectivity index (χ2v) is 5.20. The topological polar surface area (TPSA) is 44.1 Å². The number of fused-ring (bicyclic) bond motifs is 1. The maximum absolute atomic E-state index is 11.2. The standard InChI is InChI=1S/C14H17ClN2O2/c1-9(18)6-7-17-13-5-4-11(19-3)8-12(13)16-14(17)10(2)15/h4-5,8,10H,6-7H2,1-3H3. The largest absolute Gasteiger partial charge is 0.497 e. The van der Waals surface area contributed by atoms with Crippen molar-refractivity contribution < 1.29 is 9.53 Å². The molecule has 4 nitrogen and oxygen atoms in total. The second-order valence-electron chi connectivity index (χ2n) is 4.54. The lowest BCUT2D eigenvalue weighted by Crippen LogP contribution is -2.07. The zero-order valence-electron chi connectivity index (χ0n) is 11.3. The number of benzene rings is 1. The summed E-state index contributed by atoms with van der Waals surface area (Å²) in [5, 5.41) is -0.203. The van der Waals surface area contributed by atoms with Crippen LogP contribution >= 0.6 is 11.6 Å². The Balaban J connectivity index is 2.50. The van der Waals surface area contributed by atoms with Gasteiger partial charge in [0.25, 0.3) is 0 Å². The van der Waals surface area contributed by atoms with Gasteiger partial charge in [-0.25, -0.2) is 4.98 Å². The number of alkyl halides is 1. The van der Waals surface area contributed by atoms with E-state index in [0.717, 1.165) is 22.6 Å².